The van der Waals surface area contributed by atoms with Crippen LogP contribution in [0.25, 0.3) is 10.9 Å². The van der Waals surface area contributed by atoms with Gasteiger partial charge in [0.15, 0.2) is 0 Å². The smallest absolute Gasteiger partial charge is 0.125 e. The highest BCUT2D eigenvalue weighted by atomic mass is 19.1. The van der Waals surface area contributed by atoms with E-state index in [9.17, 15) is 4.39 Å². The molecule has 1 N–H and O–H groups in total. The maximum Gasteiger partial charge on any atom is 0.125 e. The van der Waals surface area contributed by atoms with Crippen LogP contribution in [0.5, 0.6) is 0 Å². The van der Waals surface area contributed by atoms with Crippen molar-refractivity contribution in [2.75, 3.05) is 32.7 Å². The molecule has 1 aromatic heterocycles. The molecule has 0 atom stereocenters. The van der Waals surface area contributed by atoms with Gasteiger partial charge in [-0.05, 0) is 50.1 Å². The van der Waals surface area contributed by atoms with Gasteiger partial charge in [-0.1, -0.05) is 0 Å². The summed E-state index contributed by atoms with van der Waals surface area (Å²) in [5, 5.41) is 4.59. The molecule has 2 heterocycles. The minimum absolute atomic E-state index is 0.150. The van der Waals surface area contributed by atoms with Crippen LogP contribution >= 0.6 is 0 Å². The van der Waals surface area contributed by atoms with Gasteiger partial charge in [-0.3, -0.25) is 0 Å². The molecule has 0 amide bonds. The second kappa shape index (κ2) is 6.58. The van der Waals surface area contributed by atoms with Gasteiger partial charge in [0, 0.05) is 44.3 Å². The fourth-order valence-electron chi connectivity index (χ4n) is 3.23. The first-order chi connectivity index (χ1) is 10.3. The van der Waals surface area contributed by atoms with Crippen LogP contribution in [0.3, 0.4) is 0 Å². The summed E-state index contributed by atoms with van der Waals surface area (Å²) >= 11 is 0. The quantitative estimate of drug-likeness (QED) is 0.913. The van der Waals surface area contributed by atoms with Crippen LogP contribution in [0.2, 0.25) is 0 Å². The molecule has 0 bridgehead atoms. The van der Waals surface area contributed by atoms with Crippen LogP contribution in [0.1, 0.15) is 18.9 Å². The van der Waals surface area contributed by atoms with Gasteiger partial charge < -0.3 is 14.8 Å². The van der Waals surface area contributed by atoms with E-state index in [0.717, 1.165) is 51.2 Å². The SMILES string of the molecule is CCn1cc(CCCN2CCNCC2)c2ccc(F)cc21. The van der Waals surface area contributed by atoms with E-state index in [1.54, 1.807) is 12.1 Å². The molecule has 0 unspecified atom stereocenters. The number of piperazine rings is 1. The van der Waals surface area contributed by atoms with Gasteiger partial charge >= 0.3 is 0 Å². The van der Waals surface area contributed by atoms with Crippen LogP contribution in [0.15, 0.2) is 24.4 Å². The minimum atomic E-state index is -0.150. The summed E-state index contributed by atoms with van der Waals surface area (Å²) in [6, 6.07) is 5.15. The molecule has 1 aliphatic heterocycles. The Kier molecular flexibility index (Phi) is 4.56. The number of hydrogen-bond acceptors (Lipinski definition) is 2. The van der Waals surface area contributed by atoms with Crippen LogP contribution in [0, 0.1) is 5.82 Å². The highest BCUT2D eigenvalue weighted by Gasteiger charge is 2.11. The highest BCUT2D eigenvalue weighted by molar-refractivity contribution is 5.84. The minimum Gasteiger partial charge on any atom is -0.347 e. The Hall–Kier alpha value is -1.39. The molecule has 0 radical (unpaired) electrons. The van der Waals surface area contributed by atoms with Crippen LogP contribution in [0.4, 0.5) is 4.39 Å². The van der Waals surface area contributed by atoms with Crippen LogP contribution in [-0.2, 0) is 13.0 Å². The summed E-state index contributed by atoms with van der Waals surface area (Å²) in [5.41, 5.74) is 2.37. The molecule has 1 saturated heterocycles. The molecule has 21 heavy (non-hydrogen) atoms. The standard InChI is InChI=1S/C17H24FN3/c1-2-21-13-14(16-6-5-15(18)12-17(16)21)4-3-9-20-10-7-19-8-11-20/h5-6,12-13,19H,2-4,7-11H2,1H3. The number of halogens is 1. The number of fused-ring (bicyclic) bond motifs is 1. The molecule has 2 aromatic rings. The zero-order chi connectivity index (χ0) is 14.7. The maximum atomic E-state index is 13.4. The lowest BCUT2D eigenvalue weighted by atomic mass is 10.1. The van der Waals surface area contributed by atoms with Gasteiger partial charge in [0.1, 0.15) is 5.82 Å². The third-order valence-corrected chi connectivity index (χ3v) is 4.40. The molecule has 1 aliphatic rings. The van der Waals surface area contributed by atoms with E-state index in [4.69, 9.17) is 0 Å². The first-order valence-corrected chi connectivity index (χ1v) is 7.98. The van der Waals surface area contributed by atoms with Gasteiger partial charge in [-0.25, -0.2) is 4.39 Å². The lowest BCUT2D eigenvalue weighted by Crippen LogP contribution is -2.43. The average Bonchev–Trinajstić information content (AvgIpc) is 2.85. The fraction of sp³-hybridized carbons (Fsp3) is 0.529. The van der Waals surface area contributed by atoms with Gasteiger partial charge in [0.2, 0.25) is 0 Å². The van der Waals surface area contributed by atoms with E-state index in [0.29, 0.717) is 0 Å². The molecule has 1 fully saturated rings. The van der Waals surface area contributed by atoms with Gasteiger partial charge in [-0.2, -0.15) is 0 Å². The number of aryl methyl sites for hydroxylation is 2. The molecular weight excluding hydrogens is 265 g/mol. The number of hydrogen-bond donors (Lipinski definition) is 1. The van der Waals surface area contributed by atoms with Crippen molar-refractivity contribution in [3.63, 3.8) is 0 Å². The topological polar surface area (TPSA) is 20.2 Å². The van der Waals surface area contributed by atoms with Crippen LogP contribution < -0.4 is 5.32 Å². The Morgan fingerprint density at radius 1 is 1.24 bits per heavy atom. The van der Waals surface area contributed by atoms with Crippen molar-refractivity contribution >= 4 is 10.9 Å². The summed E-state index contributed by atoms with van der Waals surface area (Å²) < 4.78 is 15.6. The number of nitrogens with zero attached hydrogens (tertiary/aromatic N) is 2. The lowest BCUT2D eigenvalue weighted by molar-refractivity contribution is 0.238. The van der Waals surface area contributed by atoms with Crippen molar-refractivity contribution in [1.82, 2.24) is 14.8 Å². The summed E-state index contributed by atoms with van der Waals surface area (Å²) in [7, 11) is 0. The summed E-state index contributed by atoms with van der Waals surface area (Å²) in [5.74, 6) is -0.150. The molecule has 0 aliphatic carbocycles. The monoisotopic (exact) mass is 289 g/mol. The largest absolute Gasteiger partial charge is 0.347 e. The zero-order valence-corrected chi connectivity index (χ0v) is 12.7. The third-order valence-electron chi connectivity index (χ3n) is 4.40. The van der Waals surface area contributed by atoms with E-state index in [1.807, 2.05) is 6.07 Å². The highest BCUT2D eigenvalue weighted by Crippen LogP contribution is 2.23. The first kappa shape index (κ1) is 14.5. The Labute approximate surface area is 125 Å². The molecule has 1 aromatic carbocycles. The summed E-state index contributed by atoms with van der Waals surface area (Å²) in [4.78, 5) is 2.52. The Morgan fingerprint density at radius 3 is 2.81 bits per heavy atom. The van der Waals surface area contributed by atoms with Gasteiger partial charge in [-0.15, -0.1) is 0 Å². The zero-order valence-electron chi connectivity index (χ0n) is 12.7. The molecule has 0 saturated carbocycles. The third kappa shape index (κ3) is 3.27. The van der Waals surface area contributed by atoms with E-state index in [1.165, 1.54) is 17.4 Å². The van der Waals surface area contributed by atoms with Crippen molar-refractivity contribution in [3.05, 3.63) is 35.8 Å². The summed E-state index contributed by atoms with van der Waals surface area (Å²) in [6.07, 6.45) is 4.43. The molecular formula is C17H24FN3. The number of rotatable bonds is 5. The number of nitrogens with one attached hydrogen (secondary N) is 1. The molecule has 3 nitrogen and oxygen atoms in total. The van der Waals surface area contributed by atoms with Crippen molar-refractivity contribution in [1.29, 1.82) is 0 Å². The Bertz CT molecular complexity index is 599. The average molecular weight is 289 g/mol. The second-order valence-electron chi connectivity index (χ2n) is 5.80. The molecule has 0 spiro atoms. The molecule has 4 heteroatoms. The van der Waals surface area contributed by atoms with Crippen molar-refractivity contribution in [2.24, 2.45) is 0 Å². The van der Waals surface area contributed by atoms with Crippen molar-refractivity contribution in [2.45, 2.75) is 26.3 Å². The molecule has 3 rings (SSSR count). The Balaban J connectivity index is 1.68. The maximum absolute atomic E-state index is 13.4. The van der Waals surface area contributed by atoms with E-state index >= 15 is 0 Å². The number of benzene rings is 1. The van der Waals surface area contributed by atoms with Gasteiger partial charge in [0.05, 0.1) is 5.52 Å². The first-order valence-electron chi connectivity index (χ1n) is 7.98. The van der Waals surface area contributed by atoms with Crippen molar-refractivity contribution < 1.29 is 4.39 Å². The molecule has 114 valence electrons. The lowest BCUT2D eigenvalue weighted by Gasteiger charge is -2.26. The predicted octanol–water partition coefficient (Wildman–Crippen LogP) is 2.64. The number of aromatic nitrogens is 1. The van der Waals surface area contributed by atoms with Crippen LogP contribution in [-0.4, -0.2) is 42.2 Å². The van der Waals surface area contributed by atoms with Crippen molar-refractivity contribution in [3.8, 4) is 0 Å². The van der Waals surface area contributed by atoms with Gasteiger partial charge in [0.25, 0.3) is 0 Å². The normalized spacial score (nSPS) is 16.7. The van der Waals surface area contributed by atoms with E-state index in [-0.39, 0.29) is 5.82 Å². The van der Waals surface area contributed by atoms with E-state index < -0.39 is 0 Å². The Morgan fingerprint density at radius 2 is 2.05 bits per heavy atom. The fourth-order valence-corrected chi connectivity index (χ4v) is 3.23. The van der Waals surface area contributed by atoms with E-state index in [2.05, 4.69) is 27.9 Å². The predicted molar refractivity (Wildman–Crippen MR) is 85.2 cm³/mol. The second-order valence-corrected chi connectivity index (χ2v) is 5.80. The summed E-state index contributed by atoms with van der Waals surface area (Å²) in [6.45, 7) is 8.67.